The quantitative estimate of drug-likeness (QED) is 0.387. The third kappa shape index (κ3) is 5.77. The SMILES string of the molecule is COc1c(F)cc(C(C)Nc2cccc(-c3cc(C)c(C(=O)NC(C)C(=O)O)c(C)c3)c2)cc1F. The molecule has 0 aliphatic carbocycles. The second-order valence-electron chi connectivity index (χ2n) is 8.48. The number of aliphatic carboxylic acids is 1. The van der Waals surface area contributed by atoms with E-state index in [-0.39, 0.29) is 6.04 Å². The molecule has 0 bridgehead atoms. The lowest BCUT2D eigenvalue weighted by Gasteiger charge is -2.18. The summed E-state index contributed by atoms with van der Waals surface area (Å²) in [6.45, 7) is 6.81. The summed E-state index contributed by atoms with van der Waals surface area (Å²) in [5.41, 5.74) is 4.81. The Morgan fingerprint density at radius 2 is 1.54 bits per heavy atom. The van der Waals surface area contributed by atoms with Gasteiger partial charge in [-0.1, -0.05) is 24.3 Å². The van der Waals surface area contributed by atoms with Gasteiger partial charge in [-0.25, -0.2) is 8.78 Å². The third-order valence-electron chi connectivity index (χ3n) is 5.78. The Morgan fingerprint density at radius 3 is 2.09 bits per heavy atom. The molecule has 3 aromatic carbocycles. The first-order valence-electron chi connectivity index (χ1n) is 11.1. The van der Waals surface area contributed by atoms with Crippen LogP contribution in [-0.2, 0) is 4.79 Å². The molecule has 184 valence electrons. The zero-order chi connectivity index (χ0) is 25.9. The minimum Gasteiger partial charge on any atom is -0.491 e. The Kier molecular flexibility index (Phi) is 7.74. The van der Waals surface area contributed by atoms with E-state index in [1.807, 2.05) is 36.4 Å². The van der Waals surface area contributed by atoms with Crippen molar-refractivity contribution in [3.05, 3.63) is 82.4 Å². The minimum absolute atomic E-state index is 0.383. The summed E-state index contributed by atoms with van der Waals surface area (Å²) in [6, 6.07) is 12.4. The summed E-state index contributed by atoms with van der Waals surface area (Å²) in [6.07, 6.45) is 0. The van der Waals surface area contributed by atoms with Crippen molar-refractivity contribution in [2.45, 2.75) is 39.8 Å². The summed E-state index contributed by atoms with van der Waals surface area (Å²) in [7, 11) is 1.22. The standard InChI is InChI=1S/C27H28F2N2O4/c1-14-9-20(10-15(2)24(14)26(32)31-17(4)27(33)34)18-7-6-8-21(11-18)30-16(3)19-12-22(28)25(35-5)23(29)13-19/h6-13,16-17,30H,1-5H3,(H,31,32)(H,33,34). The highest BCUT2D eigenvalue weighted by molar-refractivity contribution is 5.99. The number of ether oxygens (including phenoxy) is 1. The smallest absolute Gasteiger partial charge is 0.325 e. The van der Waals surface area contributed by atoms with Crippen LogP contribution in [-0.4, -0.2) is 30.1 Å². The monoisotopic (exact) mass is 482 g/mol. The number of hydrogen-bond donors (Lipinski definition) is 3. The molecule has 0 spiro atoms. The highest BCUT2D eigenvalue weighted by atomic mass is 19.1. The lowest BCUT2D eigenvalue weighted by Crippen LogP contribution is -2.38. The van der Waals surface area contributed by atoms with Crippen molar-refractivity contribution in [2.24, 2.45) is 0 Å². The van der Waals surface area contributed by atoms with Crippen molar-refractivity contribution in [1.29, 1.82) is 0 Å². The zero-order valence-electron chi connectivity index (χ0n) is 20.2. The van der Waals surface area contributed by atoms with Gasteiger partial charge in [0.1, 0.15) is 6.04 Å². The summed E-state index contributed by atoms with van der Waals surface area (Å²) < 4.78 is 33.0. The van der Waals surface area contributed by atoms with Crippen LogP contribution in [0.1, 0.15) is 46.9 Å². The minimum atomic E-state index is -1.11. The first kappa shape index (κ1) is 25.7. The number of anilines is 1. The molecule has 0 saturated heterocycles. The number of carbonyl (C=O) groups is 2. The van der Waals surface area contributed by atoms with E-state index in [0.29, 0.717) is 22.3 Å². The van der Waals surface area contributed by atoms with Crippen LogP contribution in [0.15, 0.2) is 48.5 Å². The average molecular weight is 483 g/mol. The van der Waals surface area contributed by atoms with Gasteiger partial charge in [-0.15, -0.1) is 0 Å². The van der Waals surface area contributed by atoms with E-state index in [1.54, 1.807) is 20.8 Å². The van der Waals surface area contributed by atoms with Gasteiger partial charge in [0.15, 0.2) is 17.4 Å². The van der Waals surface area contributed by atoms with Gasteiger partial charge in [0.25, 0.3) is 5.91 Å². The largest absolute Gasteiger partial charge is 0.491 e. The first-order valence-corrected chi connectivity index (χ1v) is 11.1. The number of rotatable bonds is 8. The Morgan fingerprint density at radius 1 is 0.943 bits per heavy atom. The number of benzene rings is 3. The van der Waals surface area contributed by atoms with Crippen molar-refractivity contribution < 1.29 is 28.2 Å². The number of hydrogen-bond acceptors (Lipinski definition) is 4. The van der Waals surface area contributed by atoms with E-state index in [2.05, 4.69) is 10.6 Å². The molecule has 2 unspecified atom stereocenters. The first-order chi connectivity index (χ1) is 16.5. The van der Waals surface area contributed by atoms with Crippen molar-refractivity contribution in [2.75, 3.05) is 12.4 Å². The number of aryl methyl sites for hydroxylation is 2. The van der Waals surface area contributed by atoms with E-state index < -0.39 is 35.3 Å². The van der Waals surface area contributed by atoms with E-state index in [1.165, 1.54) is 26.2 Å². The predicted molar refractivity (Wildman–Crippen MR) is 131 cm³/mol. The number of carbonyl (C=O) groups excluding carboxylic acids is 1. The number of nitrogens with one attached hydrogen (secondary N) is 2. The summed E-state index contributed by atoms with van der Waals surface area (Å²) in [5.74, 6) is -3.49. The Hall–Kier alpha value is -3.94. The fraction of sp³-hybridized carbons (Fsp3) is 0.259. The van der Waals surface area contributed by atoms with Crippen LogP contribution in [0.5, 0.6) is 5.75 Å². The van der Waals surface area contributed by atoms with Crippen molar-refractivity contribution in [1.82, 2.24) is 5.32 Å². The van der Waals surface area contributed by atoms with Crippen LogP contribution in [0.2, 0.25) is 0 Å². The Labute approximate surface area is 202 Å². The number of halogens is 2. The van der Waals surface area contributed by atoms with Crippen molar-refractivity contribution >= 4 is 17.6 Å². The second-order valence-corrected chi connectivity index (χ2v) is 8.48. The summed E-state index contributed by atoms with van der Waals surface area (Å²) in [5, 5.41) is 14.8. The molecule has 1 amide bonds. The van der Waals surface area contributed by atoms with Crippen molar-refractivity contribution in [3.63, 3.8) is 0 Å². The highest BCUT2D eigenvalue weighted by Crippen LogP contribution is 2.30. The fourth-order valence-electron chi connectivity index (χ4n) is 3.97. The van der Waals surface area contributed by atoms with E-state index >= 15 is 0 Å². The highest BCUT2D eigenvalue weighted by Gasteiger charge is 2.19. The molecule has 0 fully saturated rings. The molecule has 2 atom stereocenters. The number of methoxy groups -OCH3 is 1. The summed E-state index contributed by atoms with van der Waals surface area (Å²) in [4.78, 5) is 23.7. The number of carboxylic acid groups (broad SMARTS) is 1. The van der Waals surface area contributed by atoms with Crippen LogP contribution >= 0.6 is 0 Å². The molecule has 8 heteroatoms. The molecule has 3 rings (SSSR count). The van der Waals surface area contributed by atoms with E-state index in [0.717, 1.165) is 16.8 Å². The molecule has 6 nitrogen and oxygen atoms in total. The van der Waals surface area contributed by atoms with Crippen LogP contribution in [0, 0.1) is 25.5 Å². The van der Waals surface area contributed by atoms with Gasteiger partial charge in [-0.3, -0.25) is 9.59 Å². The van der Waals surface area contributed by atoms with Gasteiger partial charge >= 0.3 is 5.97 Å². The maximum absolute atomic E-state index is 14.1. The van der Waals surface area contributed by atoms with Gasteiger partial charge in [-0.05, 0) is 79.8 Å². The molecule has 0 aliphatic heterocycles. The molecule has 0 aliphatic rings. The van der Waals surface area contributed by atoms with Gasteiger partial charge < -0.3 is 20.5 Å². The molecule has 0 aromatic heterocycles. The normalized spacial score (nSPS) is 12.5. The Bertz CT molecular complexity index is 1230. The number of amides is 1. The average Bonchev–Trinajstić information content (AvgIpc) is 2.78. The van der Waals surface area contributed by atoms with Gasteiger partial charge in [-0.2, -0.15) is 0 Å². The van der Waals surface area contributed by atoms with Gasteiger partial charge in [0.05, 0.1) is 7.11 Å². The van der Waals surface area contributed by atoms with Crippen LogP contribution in [0.4, 0.5) is 14.5 Å². The molecule has 3 aromatic rings. The summed E-state index contributed by atoms with van der Waals surface area (Å²) >= 11 is 0. The van der Waals surface area contributed by atoms with E-state index in [4.69, 9.17) is 9.84 Å². The maximum Gasteiger partial charge on any atom is 0.325 e. The second kappa shape index (κ2) is 10.5. The topological polar surface area (TPSA) is 87.7 Å². The lowest BCUT2D eigenvalue weighted by molar-refractivity contribution is -0.138. The van der Waals surface area contributed by atoms with E-state index in [9.17, 15) is 18.4 Å². The molecule has 3 N–H and O–H groups in total. The fourth-order valence-corrected chi connectivity index (χ4v) is 3.97. The molecule has 35 heavy (non-hydrogen) atoms. The van der Waals surface area contributed by atoms with Crippen LogP contribution in [0.25, 0.3) is 11.1 Å². The number of carboxylic acids is 1. The molecule has 0 saturated carbocycles. The van der Waals surface area contributed by atoms with Crippen molar-refractivity contribution in [3.8, 4) is 16.9 Å². The molecular weight excluding hydrogens is 454 g/mol. The maximum atomic E-state index is 14.1. The molecule has 0 heterocycles. The zero-order valence-corrected chi connectivity index (χ0v) is 20.2. The van der Waals surface area contributed by atoms with Gasteiger partial charge in [0.2, 0.25) is 0 Å². The lowest BCUT2D eigenvalue weighted by atomic mass is 9.94. The molecule has 0 radical (unpaired) electrons. The van der Waals surface area contributed by atoms with Gasteiger partial charge in [0, 0.05) is 17.3 Å². The van der Waals surface area contributed by atoms with Crippen LogP contribution in [0.3, 0.4) is 0 Å². The predicted octanol–water partition coefficient (Wildman–Crippen LogP) is 5.63. The Balaban J connectivity index is 1.85. The molecular formula is C27H28F2N2O4. The van der Waals surface area contributed by atoms with Crippen LogP contribution < -0.4 is 15.4 Å². The third-order valence-corrected chi connectivity index (χ3v) is 5.78.